The van der Waals surface area contributed by atoms with Crippen molar-refractivity contribution < 1.29 is 0 Å². The van der Waals surface area contributed by atoms with Crippen molar-refractivity contribution in [2.45, 2.75) is 39.0 Å². The van der Waals surface area contributed by atoms with Crippen LogP contribution in [0.3, 0.4) is 0 Å². The van der Waals surface area contributed by atoms with Crippen molar-refractivity contribution >= 4 is 11.3 Å². The van der Waals surface area contributed by atoms with E-state index in [0.717, 1.165) is 30.8 Å². The Hall–Kier alpha value is -1.26. The summed E-state index contributed by atoms with van der Waals surface area (Å²) < 4.78 is 0. The molecule has 0 bridgehead atoms. The molecule has 2 heterocycles. The monoisotopic (exact) mass is 289 g/mol. The predicted molar refractivity (Wildman–Crippen MR) is 86.1 cm³/mol. The molecule has 108 valence electrons. The Balaban J connectivity index is 1.69. The number of unbranched alkanes of at least 4 members (excludes halogenated alkanes) is 3. The van der Waals surface area contributed by atoms with Crippen LogP contribution in [0.4, 0.5) is 0 Å². The average molecular weight is 289 g/mol. The van der Waals surface area contributed by atoms with Crippen LogP contribution in [0.25, 0.3) is 11.3 Å². The lowest BCUT2D eigenvalue weighted by molar-refractivity contribution is 0.598. The zero-order valence-electron chi connectivity index (χ0n) is 12.1. The molecule has 1 N–H and O–H groups in total. The first kappa shape index (κ1) is 15.1. The lowest BCUT2D eigenvalue weighted by Gasteiger charge is -2.02. The predicted octanol–water partition coefficient (Wildman–Crippen LogP) is 3.92. The van der Waals surface area contributed by atoms with E-state index in [2.05, 4.69) is 27.6 Å². The number of nitrogens with one attached hydrogen (secondary N) is 1. The van der Waals surface area contributed by atoms with Gasteiger partial charge in [-0.15, -0.1) is 11.3 Å². The van der Waals surface area contributed by atoms with Crippen molar-refractivity contribution in [2.24, 2.45) is 0 Å². The molecule has 0 aliphatic heterocycles. The molecule has 2 aromatic rings. The second kappa shape index (κ2) is 8.82. The Morgan fingerprint density at radius 2 is 1.95 bits per heavy atom. The van der Waals surface area contributed by atoms with E-state index < -0.39 is 0 Å². The summed E-state index contributed by atoms with van der Waals surface area (Å²) in [7, 11) is 0. The van der Waals surface area contributed by atoms with E-state index in [0.29, 0.717) is 0 Å². The van der Waals surface area contributed by atoms with E-state index in [-0.39, 0.29) is 0 Å². The van der Waals surface area contributed by atoms with E-state index >= 15 is 0 Å². The summed E-state index contributed by atoms with van der Waals surface area (Å²) in [6, 6.07) is 4.01. The summed E-state index contributed by atoms with van der Waals surface area (Å²) in [4.78, 5) is 8.71. The Labute approximate surface area is 125 Å². The number of hydrogen-bond acceptors (Lipinski definition) is 4. The molecule has 20 heavy (non-hydrogen) atoms. The molecule has 0 aromatic carbocycles. The lowest BCUT2D eigenvalue weighted by atomic mass is 10.2. The molecular formula is C16H23N3S. The molecule has 4 heteroatoms. The van der Waals surface area contributed by atoms with Crippen molar-refractivity contribution in [1.82, 2.24) is 15.3 Å². The Kier molecular flexibility index (Phi) is 6.68. The van der Waals surface area contributed by atoms with Gasteiger partial charge in [0.15, 0.2) is 0 Å². The standard InChI is InChI=1S/C16H23N3S/c1-2-3-4-5-9-17-12-8-16-19-15(13-20-16)14-6-10-18-11-7-14/h6-7,10-11,13,17H,2-5,8-9,12H2,1H3. The molecule has 0 saturated heterocycles. The first-order valence-electron chi connectivity index (χ1n) is 7.45. The number of pyridine rings is 1. The fraction of sp³-hybridized carbons (Fsp3) is 0.500. The maximum atomic E-state index is 4.68. The Morgan fingerprint density at radius 1 is 1.10 bits per heavy atom. The second-order valence-electron chi connectivity index (χ2n) is 4.92. The zero-order chi connectivity index (χ0) is 14.0. The van der Waals surface area contributed by atoms with Gasteiger partial charge in [-0.3, -0.25) is 4.98 Å². The smallest absolute Gasteiger partial charge is 0.0945 e. The third-order valence-electron chi connectivity index (χ3n) is 3.25. The summed E-state index contributed by atoms with van der Waals surface area (Å²) in [5.41, 5.74) is 2.21. The Morgan fingerprint density at radius 3 is 2.75 bits per heavy atom. The normalized spacial score (nSPS) is 10.8. The van der Waals surface area contributed by atoms with Gasteiger partial charge in [-0.25, -0.2) is 4.98 Å². The SMILES string of the molecule is CCCCCCNCCc1nc(-c2ccncc2)cs1. The van der Waals surface area contributed by atoms with E-state index in [1.54, 1.807) is 11.3 Å². The van der Waals surface area contributed by atoms with Gasteiger partial charge in [-0.2, -0.15) is 0 Å². The van der Waals surface area contributed by atoms with Gasteiger partial charge in [0.25, 0.3) is 0 Å². The van der Waals surface area contributed by atoms with Gasteiger partial charge in [0.05, 0.1) is 10.7 Å². The summed E-state index contributed by atoms with van der Waals surface area (Å²) in [6.45, 7) is 4.40. The van der Waals surface area contributed by atoms with Crippen molar-refractivity contribution in [1.29, 1.82) is 0 Å². The summed E-state index contributed by atoms with van der Waals surface area (Å²) in [6.07, 6.45) is 9.92. The molecule has 0 spiro atoms. The minimum Gasteiger partial charge on any atom is -0.316 e. The van der Waals surface area contributed by atoms with Crippen molar-refractivity contribution in [2.75, 3.05) is 13.1 Å². The number of nitrogens with zero attached hydrogens (tertiary/aromatic N) is 2. The molecule has 0 amide bonds. The molecule has 0 fully saturated rings. The topological polar surface area (TPSA) is 37.8 Å². The fourth-order valence-electron chi connectivity index (χ4n) is 2.08. The third kappa shape index (κ3) is 5.02. The number of thiazole rings is 1. The van der Waals surface area contributed by atoms with E-state index in [4.69, 9.17) is 0 Å². The molecule has 0 unspecified atom stereocenters. The lowest BCUT2D eigenvalue weighted by Crippen LogP contribution is -2.18. The van der Waals surface area contributed by atoms with Gasteiger partial charge in [0.2, 0.25) is 0 Å². The maximum Gasteiger partial charge on any atom is 0.0945 e. The van der Waals surface area contributed by atoms with Gasteiger partial charge in [-0.05, 0) is 25.1 Å². The number of aromatic nitrogens is 2. The van der Waals surface area contributed by atoms with Crippen molar-refractivity contribution in [3.63, 3.8) is 0 Å². The van der Waals surface area contributed by atoms with Crippen LogP contribution in [-0.2, 0) is 6.42 Å². The number of hydrogen-bond donors (Lipinski definition) is 1. The van der Waals surface area contributed by atoms with Crippen LogP contribution >= 0.6 is 11.3 Å². The Bertz CT molecular complexity index is 481. The molecule has 0 radical (unpaired) electrons. The summed E-state index contributed by atoms with van der Waals surface area (Å²) in [5, 5.41) is 6.84. The van der Waals surface area contributed by atoms with Gasteiger partial charge in [0, 0.05) is 36.3 Å². The molecule has 3 nitrogen and oxygen atoms in total. The van der Waals surface area contributed by atoms with Crippen LogP contribution in [0.2, 0.25) is 0 Å². The van der Waals surface area contributed by atoms with Gasteiger partial charge in [-0.1, -0.05) is 26.2 Å². The van der Waals surface area contributed by atoms with Crippen LogP contribution in [0, 0.1) is 0 Å². The quantitative estimate of drug-likeness (QED) is 0.711. The van der Waals surface area contributed by atoms with Crippen molar-refractivity contribution in [3.05, 3.63) is 34.9 Å². The number of rotatable bonds is 9. The fourth-order valence-corrected chi connectivity index (χ4v) is 2.89. The van der Waals surface area contributed by atoms with E-state index in [1.165, 1.54) is 30.7 Å². The minimum atomic E-state index is 1.02. The molecule has 2 aromatic heterocycles. The highest BCUT2D eigenvalue weighted by Gasteiger charge is 2.03. The molecular weight excluding hydrogens is 266 g/mol. The highest BCUT2D eigenvalue weighted by Crippen LogP contribution is 2.21. The van der Waals surface area contributed by atoms with Crippen LogP contribution < -0.4 is 5.32 Å². The molecule has 0 aliphatic rings. The summed E-state index contributed by atoms with van der Waals surface area (Å²) >= 11 is 1.74. The average Bonchev–Trinajstić information content (AvgIpc) is 2.96. The third-order valence-corrected chi connectivity index (χ3v) is 4.16. The van der Waals surface area contributed by atoms with Crippen LogP contribution in [0.15, 0.2) is 29.9 Å². The molecule has 0 saturated carbocycles. The van der Waals surface area contributed by atoms with Crippen LogP contribution in [0.1, 0.15) is 37.6 Å². The highest BCUT2D eigenvalue weighted by atomic mass is 32.1. The van der Waals surface area contributed by atoms with Crippen LogP contribution in [-0.4, -0.2) is 23.1 Å². The maximum absolute atomic E-state index is 4.68. The first-order valence-corrected chi connectivity index (χ1v) is 8.33. The molecule has 2 rings (SSSR count). The largest absolute Gasteiger partial charge is 0.316 e. The molecule has 0 atom stereocenters. The highest BCUT2D eigenvalue weighted by molar-refractivity contribution is 7.09. The second-order valence-corrected chi connectivity index (χ2v) is 5.87. The van der Waals surface area contributed by atoms with Gasteiger partial charge in [0.1, 0.15) is 0 Å². The van der Waals surface area contributed by atoms with Gasteiger partial charge < -0.3 is 5.32 Å². The zero-order valence-corrected chi connectivity index (χ0v) is 13.0. The summed E-state index contributed by atoms with van der Waals surface area (Å²) in [5.74, 6) is 0. The first-order chi connectivity index (χ1) is 9.90. The minimum absolute atomic E-state index is 1.02. The van der Waals surface area contributed by atoms with Crippen molar-refractivity contribution in [3.8, 4) is 11.3 Å². The van der Waals surface area contributed by atoms with Gasteiger partial charge >= 0.3 is 0 Å². The van der Waals surface area contributed by atoms with E-state index in [9.17, 15) is 0 Å². The van der Waals surface area contributed by atoms with E-state index in [1.807, 2.05) is 24.5 Å². The molecule has 0 aliphatic carbocycles. The van der Waals surface area contributed by atoms with Crippen LogP contribution in [0.5, 0.6) is 0 Å².